The molecule has 0 saturated heterocycles. The van der Waals surface area contributed by atoms with Crippen molar-refractivity contribution in [3.8, 4) is 0 Å². The van der Waals surface area contributed by atoms with Gasteiger partial charge in [0.1, 0.15) is 22.3 Å². The molecule has 2 unspecified atom stereocenters. The average molecular weight is 375 g/mol. The van der Waals surface area contributed by atoms with Crippen molar-refractivity contribution in [1.29, 1.82) is 0 Å². The zero-order valence-electron chi connectivity index (χ0n) is 15.6. The fourth-order valence-corrected chi connectivity index (χ4v) is 4.99. The lowest BCUT2D eigenvalue weighted by Crippen LogP contribution is -2.22. The molecule has 3 nitrogen and oxygen atoms in total. The molecule has 2 N–H and O–H groups in total. The maximum atomic E-state index is 6.40. The predicted molar refractivity (Wildman–Crippen MR) is 118 cm³/mol. The van der Waals surface area contributed by atoms with Crippen LogP contribution < -0.4 is 5.73 Å². The van der Waals surface area contributed by atoms with E-state index in [-0.39, 0.29) is 11.8 Å². The molecule has 2 atom stereocenters. The Balaban J connectivity index is 1.55. The fraction of sp³-hybridized carbons (Fsp3) is 0.0769. The minimum atomic E-state index is 0.225. The number of furan rings is 2. The molecule has 3 heteroatoms. The monoisotopic (exact) mass is 375 g/mol. The normalized spacial score (nSPS) is 20.5. The fourth-order valence-electron chi connectivity index (χ4n) is 4.99. The first-order valence-electron chi connectivity index (χ1n) is 9.90. The van der Waals surface area contributed by atoms with Crippen molar-refractivity contribution in [3.05, 3.63) is 89.7 Å². The van der Waals surface area contributed by atoms with Crippen LogP contribution in [0.4, 0.5) is 0 Å². The van der Waals surface area contributed by atoms with Gasteiger partial charge in [0.15, 0.2) is 0 Å². The van der Waals surface area contributed by atoms with E-state index in [1.165, 1.54) is 11.1 Å². The summed E-state index contributed by atoms with van der Waals surface area (Å²) in [5, 5.41) is 4.46. The summed E-state index contributed by atoms with van der Waals surface area (Å²) in [6.45, 7) is 0. The third-order valence-corrected chi connectivity index (χ3v) is 6.38. The van der Waals surface area contributed by atoms with E-state index in [2.05, 4.69) is 54.6 Å². The van der Waals surface area contributed by atoms with Gasteiger partial charge in [-0.25, -0.2) is 0 Å². The molecule has 7 rings (SSSR count). The van der Waals surface area contributed by atoms with Gasteiger partial charge in [-0.3, -0.25) is 0 Å². The summed E-state index contributed by atoms with van der Waals surface area (Å²) in [5.74, 6) is 0.487. The number of fused-ring (bicyclic) bond motifs is 9. The first kappa shape index (κ1) is 15.2. The van der Waals surface area contributed by atoms with Crippen LogP contribution in [0.3, 0.4) is 0 Å². The maximum absolute atomic E-state index is 6.40. The zero-order chi connectivity index (χ0) is 19.1. The lowest BCUT2D eigenvalue weighted by atomic mass is 9.75. The summed E-state index contributed by atoms with van der Waals surface area (Å²) < 4.78 is 12.3. The second kappa shape index (κ2) is 5.21. The Kier molecular flexibility index (Phi) is 2.73. The first-order valence-corrected chi connectivity index (χ1v) is 9.90. The Bertz CT molecular complexity index is 1570. The highest BCUT2D eigenvalue weighted by atomic mass is 16.3. The van der Waals surface area contributed by atoms with E-state index in [0.717, 1.165) is 49.6 Å². The first-order chi connectivity index (χ1) is 14.3. The van der Waals surface area contributed by atoms with Gasteiger partial charge in [0.05, 0.1) is 0 Å². The SMILES string of the molecule is NC1=Cc2cc3c(cc2C2C=CC=CC12)oc1cc2oc4ccccc4c2cc13. The third kappa shape index (κ3) is 1.97. The molecule has 3 aromatic carbocycles. The second-order valence-corrected chi connectivity index (χ2v) is 7.99. The topological polar surface area (TPSA) is 52.3 Å². The molecule has 0 saturated carbocycles. The van der Waals surface area contributed by atoms with Gasteiger partial charge in [-0.1, -0.05) is 42.5 Å². The van der Waals surface area contributed by atoms with E-state index in [1.807, 2.05) is 24.3 Å². The number of para-hydroxylation sites is 1. The molecule has 2 aliphatic carbocycles. The van der Waals surface area contributed by atoms with E-state index < -0.39 is 0 Å². The number of rotatable bonds is 0. The van der Waals surface area contributed by atoms with Gasteiger partial charge in [-0.05, 0) is 41.5 Å². The summed E-state index contributed by atoms with van der Waals surface area (Å²) in [5.41, 5.74) is 13.3. The van der Waals surface area contributed by atoms with Crippen LogP contribution in [-0.4, -0.2) is 0 Å². The molecule has 0 aliphatic heterocycles. The van der Waals surface area contributed by atoms with E-state index in [1.54, 1.807) is 0 Å². The number of hydrogen-bond acceptors (Lipinski definition) is 3. The van der Waals surface area contributed by atoms with Crippen molar-refractivity contribution in [2.45, 2.75) is 5.92 Å². The molecule has 0 spiro atoms. The Hall–Kier alpha value is -3.72. The van der Waals surface area contributed by atoms with Crippen LogP contribution in [0.2, 0.25) is 0 Å². The van der Waals surface area contributed by atoms with Crippen LogP contribution in [0.1, 0.15) is 17.0 Å². The summed E-state index contributed by atoms with van der Waals surface area (Å²) in [4.78, 5) is 0. The molecule has 0 radical (unpaired) electrons. The molecule has 0 fully saturated rings. The minimum absolute atomic E-state index is 0.225. The highest BCUT2D eigenvalue weighted by Crippen LogP contribution is 2.44. The van der Waals surface area contributed by atoms with Crippen LogP contribution in [0, 0.1) is 5.92 Å². The van der Waals surface area contributed by atoms with Crippen molar-refractivity contribution in [3.63, 3.8) is 0 Å². The Morgan fingerprint density at radius 2 is 1.34 bits per heavy atom. The lowest BCUT2D eigenvalue weighted by Gasteiger charge is -2.30. The van der Waals surface area contributed by atoms with Gasteiger partial charge in [0.25, 0.3) is 0 Å². The van der Waals surface area contributed by atoms with Crippen molar-refractivity contribution in [2.24, 2.45) is 11.7 Å². The Labute approximate surface area is 166 Å². The number of nitrogens with two attached hydrogens (primary N) is 1. The van der Waals surface area contributed by atoms with Crippen molar-refractivity contribution < 1.29 is 8.83 Å². The minimum Gasteiger partial charge on any atom is -0.456 e. The van der Waals surface area contributed by atoms with Gasteiger partial charge in [-0.2, -0.15) is 0 Å². The molecule has 138 valence electrons. The largest absolute Gasteiger partial charge is 0.456 e. The number of hydrogen-bond donors (Lipinski definition) is 1. The Morgan fingerprint density at radius 3 is 2.24 bits per heavy atom. The van der Waals surface area contributed by atoms with Crippen molar-refractivity contribution in [2.75, 3.05) is 0 Å². The zero-order valence-corrected chi connectivity index (χ0v) is 15.6. The smallest absolute Gasteiger partial charge is 0.139 e. The van der Waals surface area contributed by atoms with Crippen molar-refractivity contribution in [1.82, 2.24) is 0 Å². The van der Waals surface area contributed by atoms with Gasteiger partial charge in [0.2, 0.25) is 0 Å². The Morgan fingerprint density at radius 1 is 0.655 bits per heavy atom. The molecular weight excluding hydrogens is 358 g/mol. The highest BCUT2D eigenvalue weighted by Gasteiger charge is 2.29. The van der Waals surface area contributed by atoms with Gasteiger partial charge in [-0.15, -0.1) is 0 Å². The van der Waals surface area contributed by atoms with E-state index >= 15 is 0 Å². The lowest BCUT2D eigenvalue weighted by molar-refractivity contribution is 0.639. The average Bonchev–Trinajstić information content (AvgIpc) is 3.28. The quantitative estimate of drug-likeness (QED) is 0.331. The third-order valence-electron chi connectivity index (χ3n) is 6.38. The summed E-state index contributed by atoms with van der Waals surface area (Å²) in [7, 11) is 0. The van der Waals surface area contributed by atoms with Crippen LogP contribution in [-0.2, 0) is 0 Å². The molecule has 0 amide bonds. The summed E-state index contributed by atoms with van der Waals surface area (Å²) in [6, 6.07) is 16.8. The van der Waals surface area contributed by atoms with Crippen LogP contribution >= 0.6 is 0 Å². The van der Waals surface area contributed by atoms with Crippen molar-refractivity contribution >= 4 is 50.0 Å². The molecule has 5 aromatic rings. The number of benzene rings is 3. The van der Waals surface area contributed by atoms with E-state index in [9.17, 15) is 0 Å². The standard InChI is InChI=1S/C26H17NO2/c27-22-10-14-9-19-21-11-20-17-7-3-4-8-23(17)28-25(20)13-26(21)29-24(19)12-18(14)15-5-1-2-6-16(15)22/h1-13,15-16H,27H2. The van der Waals surface area contributed by atoms with E-state index in [4.69, 9.17) is 14.6 Å². The van der Waals surface area contributed by atoms with Crippen LogP contribution in [0.15, 0.2) is 87.4 Å². The summed E-state index contributed by atoms with van der Waals surface area (Å²) >= 11 is 0. The molecule has 29 heavy (non-hydrogen) atoms. The molecule has 2 heterocycles. The molecule has 0 bridgehead atoms. The van der Waals surface area contributed by atoms with E-state index in [0.29, 0.717) is 0 Å². The summed E-state index contributed by atoms with van der Waals surface area (Å²) in [6.07, 6.45) is 10.7. The van der Waals surface area contributed by atoms with Gasteiger partial charge < -0.3 is 14.6 Å². The van der Waals surface area contributed by atoms with Gasteiger partial charge in [0, 0.05) is 45.1 Å². The molecule has 2 aromatic heterocycles. The second-order valence-electron chi connectivity index (χ2n) is 7.99. The predicted octanol–water partition coefficient (Wildman–Crippen LogP) is 6.62. The van der Waals surface area contributed by atoms with Crippen LogP contribution in [0.25, 0.3) is 50.0 Å². The molecule has 2 aliphatic rings. The van der Waals surface area contributed by atoms with Crippen LogP contribution in [0.5, 0.6) is 0 Å². The maximum Gasteiger partial charge on any atom is 0.139 e. The highest BCUT2D eigenvalue weighted by molar-refractivity contribution is 6.15. The molecular formula is C26H17NO2. The number of allylic oxidation sites excluding steroid dienone is 4. The van der Waals surface area contributed by atoms with Gasteiger partial charge >= 0.3 is 0 Å².